The van der Waals surface area contributed by atoms with Crippen LogP contribution < -0.4 is 10.7 Å². The van der Waals surface area contributed by atoms with Gasteiger partial charge in [-0.3, -0.25) is 4.79 Å². The van der Waals surface area contributed by atoms with Crippen molar-refractivity contribution >= 4 is 44.6 Å². The maximum atomic E-state index is 12.7. The average molecular weight is 344 g/mol. The summed E-state index contributed by atoms with van der Waals surface area (Å²) < 4.78 is 0. The Balaban J connectivity index is 1.82. The van der Waals surface area contributed by atoms with Gasteiger partial charge >= 0.3 is 0 Å². The van der Waals surface area contributed by atoms with Crippen LogP contribution in [0.15, 0.2) is 30.3 Å². The summed E-state index contributed by atoms with van der Waals surface area (Å²) in [4.78, 5) is 17.8. The summed E-state index contributed by atoms with van der Waals surface area (Å²) in [7, 11) is 0. The number of aromatic nitrogens is 1. The molecule has 0 amide bonds. The van der Waals surface area contributed by atoms with Gasteiger partial charge in [0.2, 0.25) is 5.78 Å². The van der Waals surface area contributed by atoms with Crippen molar-refractivity contribution in [1.29, 1.82) is 0 Å². The number of carbonyl (C=O) groups excluding carboxylic acids is 1. The molecule has 0 saturated carbocycles. The van der Waals surface area contributed by atoms with Crippen molar-refractivity contribution < 1.29 is 9.78 Å². The van der Waals surface area contributed by atoms with Crippen LogP contribution in [0.5, 0.6) is 0 Å². The maximum absolute atomic E-state index is 12.7. The lowest BCUT2D eigenvalue weighted by Crippen LogP contribution is -2.17. The molecule has 23 heavy (non-hydrogen) atoms. The first-order chi connectivity index (χ1) is 11.1. The maximum Gasteiger partial charge on any atom is 0.270 e. The molecule has 0 spiro atoms. The number of carbonyl (C=O) groups is 1. The van der Waals surface area contributed by atoms with E-state index in [1.54, 1.807) is 24.3 Å². The second-order valence-electron chi connectivity index (χ2n) is 5.90. The molecule has 116 valence electrons. The van der Waals surface area contributed by atoms with Crippen LogP contribution in [-0.4, -0.2) is 5.78 Å². The standard InChI is InChI=1S/C18H15ClN2OS/c19-12-7-5-10(6-8-12)16(22)17-15(20)13-9-11-3-1-2-4-14(11)21-18(13)23-17/h5-9H,1-4,20H2/p+1. The van der Waals surface area contributed by atoms with Crippen molar-refractivity contribution in [3.8, 4) is 0 Å². The SMILES string of the molecule is Nc1c(C(=O)c2ccc(Cl)cc2)sc2[nH+]c3c(cc12)CCCC3. The van der Waals surface area contributed by atoms with Crippen LogP contribution in [0.3, 0.4) is 0 Å². The number of hydrogen-bond donors (Lipinski definition) is 1. The second kappa shape index (κ2) is 5.62. The van der Waals surface area contributed by atoms with Gasteiger partial charge in [-0.1, -0.05) is 22.9 Å². The van der Waals surface area contributed by atoms with Gasteiger partial charge in [-0.25, -0.2) is 0 Å². The predicted molar refractivity (Wildman–Crippen MR) is 94.3 cm³/mol. The van der Waals surface area contributed by atoms with Gasteiger partial charge in [0.1, 0.15) is 4.88 Å². The molecule has 0 bridgehead atoms. The number of nitrogens with one attached hydrogen (secondary N) is 1. The van der Waals surface area contributed by atoms with Crippen LogP contribution in [0.25, 0.3) is 10.2 Å². The van der Waals surface area contributed by atoms with Crippen LogP contribution in [-0.2, 0) is 12.8 Å². The molecule has 3 N–H and O–H groups in total. The zero-order valence-electron chi connectivity index (χ0n) is 12.5. The van der Waals surface area contributed by atoms with Crippen molar-refractivity contribution in [1.82, 2.24) is 0 Å². The van der Waals surface area contributed by atoms with Gasteiger partial charge < -0.3 is 5.73 Å². The molecule has 0 aliphatic heterocycles. The Hall–Kier alpha value is -1.91. The Kier molecular flexibility index (Phi) is 3.58. The van der Waals surface area contributed by atoms with E-state index in [0.717, 1.165) is 23.1 Å². The van der Waals surface area contributed by atoms with Crippen molar-refractivity contribution in [3.63, 3.8) is 0 Å². The molecule has 0 unspecified atom stereocenters. The van der Waals surface area contributed by atoms with Crippen molar-refractivity contribution in [2.24, 2.45) is 0 Å². The monoisotopic (exact) mass is 343 g/mol. The zero-order chi connectivity index (χ0) is 16.0. The minimum atomic E-state index is -0.0493. The van der Waals surface area contributed by atoms with Gasteiger partial charge in [-0.2, -0.15) is 4.98 Å². The summed E-state index contributed by atoms with van der Waals surface area (Å²) in [5, 5.41) is 1.58. The van der Waals surface area contributed by atoms with E-state index in [-0.39, 0.29) is 5.78 Å². The number of benzene rings is 1. The number of fused-ring (bicyclic) bond motifs is 2. The van der Waals surface area contributed by atoms with Gasteiger partial charge in [0.05, 0.1) is 11.1 Å². The number of H-pyrrole nitrogens is 1. The van der Waals surface area contributed by atoms with E-state index in [9.17, 15) is 4.79 Å². The van der Waals surface area contributed by atoms with Gasteiger partial charge in [-0.05, 0) is 49.6 Å². The fraction of sp³-hybridized carbons (Fsp3) is 0.222. The molecule has 0 fully saturated rings. The topological polar surface area (TPSA) is 57.2 Å². The zero-order valence-corrected chi connectivity index (χ0v) is 14.1. The number of ketones is 1. The third-order valence-corrected chi connectivity index (χ3v) is 5.78. The Morgan fingerprint density at radius 1 is 1.17 bits per heavy atom. The fourth-order valence-electron chi connectivity index (χ4n) is 3.14. The van der Waals surface area contributed by atoms with E-state index >= 15 is 0 Å². The van der Waals surface area contributed by atoms with E-state index in [0.29, 0.717) is 21.2 Å². The van der Waals surface area contributed by atoms with Crippen LogP contribution in [0.4, 0.5) is 5.69 Å². The third kappa shape index (κ3) is 2.52. The lowest BCUT2D eigenvalue weighted by atomic mass is 9.95. The van der Waals surface area contributed by atoms with Crippen LogP contribution in [0, 0.1) is 0 Å². The number of rotatable bonds is 2. The molecule has 1 aromatic carbocycles. The summed E-state index contributed by atoms with van der Waals surface area (Å²) in [6.07, 6.45) is 4.58. The highest BCUT2D eigenvalue weighted by molar-refractivity contribution is 7.21. The quantitative estimate of drug-likeness (QED) is 0.713. The highest BCUT2D eigenvalue weighted by Crippen LogP contribution is 2.35. The molecule has 2 heterocycles. The number of nitrogen functional groups attached to an aromatic ring is 1. The minimum absolute atomic E-state index is 0.0493. The number of halogens is 1. The number of pyridine rings is 1. The first kappa shape index (κ1) is 14.7. The molecule has 0 atom stereocenters. The van der Waals surface area contributed by atoms with Gasteiger partial charge in [0.25, 0.3) is 4.83 Å². The first-order valence-corrected chi connectivity index (χ1v) is 8.89. The minimum Gasteiger partial charge on any atom is -0.397 e. The second-order valence-corrected chi connectivity index (χ2v) is 7.36. The molecule has 4 rings (SSSR count). The number of nitrogens with two attached hydrogens (primary N) is 1. The summed E-state index contributed by atoms with van der Waals surface area (Å²) in [6, 6.07) is 9.09. The first-order valence-electron chi connectivity index (χ1n) is 7.70. The number of thiophene rings is 1. The molecule has 2 aromatic heterocycles. The third-order valence-electron chi connectivity index (χ3n) is 4.39. The van der Waals surface area contributed by atoms with Crippen molar-refractivity contribution in [3.05, 3.63) is 57.1 Å². The average Bonchev–Trinajstić information content (AvgIpc) is 2.89. The molecular weight excluding hydrogens is 328 g/mol. The van der Waals surface area contributed by atoms with E-state index < -0.39 is 0 Å². The van der Waals surface area contributed by atoms with Crippen LogP contribution >= 0.6 is 22.9 Å². The Labute approximate surface area is 143 Å². The lowest BCUT2D eigenvalue weighted by Gasteiger charge is -2.09. The van der Waals surface area contributed by atoms with Crippen molar-refractivity contribution in [2.45, 2.75) is 25.7 Å². The fourth-order valence-corrected chi connectivity index (χ4v) is 4.35. The van der Waals surface area contributed by atoms with E-state index in [2.05, 4.69) is 11.1 Å². The van der Waals surface area contributed by atoms with Gasteiger partial charge in [0.15, 0.2) is 5.69 Å². The van der Waals surface area contributed by atoms with E-state index in [1.165, 1.54) is 35.4 Å². The molecular formula is C18H16ClN2OS+. The summed E-state index contributed by atoms with van der Waals surface area (Å²) in [6.45, 7) is 0. The molecule has 1 aliphatic carbocycles. The highest BCUT2D eigenvalue weighted by Gasteiger charge is 2.24. The van der Waals surface area contributed by atoms with Crippen molar-refractivity contribution in [2.75, 3.05) is 5.73 Å². The Bertz CT molecular complexity index is 915. The lowest BCUT2D eigenvalue weighted by molar-refractivity contribution is -0.356. The molecule has 3 aromatic rings. The van der Waals surface area contributed by atoms with Gasteiger partial charge in [0, 0.05) is 22.6 Å². The van der Waals surface area contributed by atoms with Gasteiger partial charge in [-0.15, -0.1) is 0 Å². The number of aromatic amines is 1. The molecule has 0 saturated heterocycles. The Morgan fingerprint density at radius 3 is 2.70 bits per heavy atom. The smallest absolute Gasteiger partial charge is 0.270 e. The van der Waals surface area contributed by atoms with E-state index in [1.807, 2.05) is 0 Å². The van der Waals surface area contributed by atoms with Crippen LogP contribution in [0.1, 0.15) is 39.3 Å². The number of aryl methyl sites for hydroxylation is 2. The molecule has 1 aliphatic rings. The van der Waals surface area contributed by atoms with Crippen LogP contribution in [0.2, 0.25) is 5.02 Å². The molecule has 0 radical (unpaired) electrons. The molecule has 3 nitrogen and oxygen atoms in total. The number of anilines is 1. The largest absolute Gasteiger partial charge is 0.397 e. The highest BCUT2D eigenvalue weighted by atomic mass is 35.5. The summed E-state index contributed by atoms with van der Waals surface area (Å²) in [5.41, 5.74) is 10.1. The molecule has 5 heteroatoms. The predicted octanol–water partition coefficient (Wildman–Crippen LogP) is 4.06. The Morgan fingerprint density at radius 2 is 1.91 bits per heavy atom. The number of hydrogen-bond acceptors (Lipinski definition) is 3. The van der Waals surface area contributed by atoms with E-state index in [4.69, 9.17) is 17.3 Å². The summed E-state index contributed by atoms with van der Waals surface area (Å²) in [5.74, 6) is -0.0493. The summed E-state index contributed by atoms with van der Waals surface area (Å²) >= 11 is 7.33. The normalized spacial score (nSPS) is 14.0.